The molecule has 0 aliphatic carbocycles. The summed E-state index contributed by atoms with van der Waals surface area (Å²) in [4.78, 5) is 0. The SMILES string of the molecule is CC.CCCCCC.CCCCCCCCCCCCCCCOC1CC(CO)OC(OCCCCCCCCCC)C1. The lowest BCUT2D eigenvalue weighted by molar-refractivity contribution is -0.228. The van der Waals surface area contributed by atoms with Crippen LogP contribution >= 0.6 is 0 Å². The summed E-state index contributed by atoms with van der Waals surface area (Å²) in [5, 5.41) is 9.62. The average molecular weight is 615 g/mol. The van der Waals surface area contributed by atoms with E-state index in [1.807, 2.05) is 13.8 Å². The quantitative estimate of drug-likeness (QED) is 0.0851. The lowest BCUT2D eigenvalue weighted by Crippen LogP contribution is -2.40. The normalized spacial score (nSPS) is 18.1. The summed E-state index contributed by atoms with van der Waals surface area (Å²) in [5.74, 6) is 0. The first-order valence-corrected chi connectivity index (χ1v) is 19.7. The first-order chi connectivity index (χ1) is 21.2. The van der Waals surface area contributed by atoms with Crippen molar-refractivity contribution >= 4 is 0 Å². The van der Waals surface area contributed by atoms with Crippen molar-refractivity contribution < 1.29 is 19.3 Å². The number of hydrogen-bond donors (Lipinski definition) is 1. The van der Waals surface area contributed by atoms with Gasteiger partial charge in [-0.05, 0) is 12.8 Å². The summed E-state index contributed by atoms with van der Waals surface area (Å²) in [6.07, 6.45) is 35.2. The lowest BCUT2D eigenvalue weighted by Gasteiger charge is -2.34. The van der Waals surface area contributed by atoms with Gasteiger partial charge in [0.25, 0.3) is 0 Å². The van der Waals surface area contributed by atoms with Crippen LogP contribution in [0.1, 0.15) is 215 Å². The molecule has 4 nitrogen and oxygen atoms in total. The second-order valence-corrected chi connectivity index (χ2v) is 12.6. The van der Waals surface area contributed by atoms with Gasteiger partial charge in [0.05, 0.1) is 18.8 Å². The molecular weight excluding hydrogens is 532 g/mol. The standard InChI is InChI=1S/C31H62O4.C6H14.C2H6/c1-3-5-7-9-11-13-14-15-16-17-19-20-22-24-33-29-26-30(28-32)35-31(27-29)34-25-23-21-18-12-10-8-6-4-2;1-3-5-6-4-2;1-2/h29-32H,3-28H2,1-2H3;3-6H2,1-2H3;1-2H3. The Hall–Kier alpha value is -0.160. The molecule has 0 aromatic heterocycles. The highest BCUT2D eigenvalue weighted by molar-refractivity contribution is 4.74. The maximum Gasteiger partial charge on any atom is 0.160 e. The van der Waals surface area contributed by atoms with Crippen molar-refractivity contribution in [2.75, 3.05) is 19.8 Å². The Morgan fingerprint density at radius 1 is 0.465 bits per heavy atom. The minimum Gasteiger partial charge on any atom is -0.394 e. The van der Waals surface area contributed by atoms with Gasteiger partial charge in [-0.3, -0.25) is 0 Å². The van der Waals surface area contributed by atoms with Crippen LogP contribution in [0, 0.1) is 0 Å². The van der Waals surface area contributed by atoms with Gasteiger partial charge >= 0.3 is 0 Å². The zero-order valence-electron chi connectivity index (χ0n) is 30.6. The molecule has 3 atom stereocenters. The van der Waals surface area contributed by atoms with Gasteiger partial charge in [0.1, 0.15) is 0 Å². The number of aliphatic hydroxyl groups is 1. The molecule has 3 unspecified atom stereocenters. The molecule has 0 aromatic carbocycles. The third-order valence-electron chi connectivity index (χ3n) is 8.39. The van der Waals surface area contributed by atoms with E-state index >= 15 is 0 Å². The van der Waals surface area contributed by atoms with E-state index in [2.05, 4.69) is 27.7 Å². The van der Waals surface area contributed by atoms with Crippen molar-refractivity contribution in [3.8, 4) is 0 Å². The molecule has 0 saturated carbocycles. The Morgan fingerprint density at radius 2 is 0.791 bits per heavy atom. The van der Waals surface area contributed by atoms with Crippen molar-refractivity contribution in [1.29, 1.82) is 0 Å². The molecule has 1 aliphatic heterocycles. The highest BCUT2D eigenvalue weighted by atomic mass is 16.7. The first-order valence-electron chi connectivity index (χ1n) is 19.7. The third kappa shape index (κ3) is 34.6. The molecule has 1 heterocycles. The molecule has 1 aliphatic rings. The van der Waals surface area contributed by atoms with Gasteiger partial charge in [-0.25, -0.2) is 0 Å². The number of hydrogen-bond acceptors (Lipinski definition) is 4. The largest absolute Gasteiger partial charge is 0.394 e. The molecule has 0 amide bonds. The summed E-state index contributed by atoms with van der Waals surface area (Å²) in [5.41, 5.74) is 0. The molecular formula is C39H82O4. The monoisotopic (exact) mass is 615 g/mol. The highest BCUT2D eigenvalue weighted by Gasteiger charge is 2.30. The molecule has 262 valence electrons. The molecule has 0 aromatic rings. The molecule has 0 radical (unpaired) electrons. The molecule has 1 N–H and O–H groups in total. The summed E-state index contributed by atoms with van der Waals surface area (Å²) in [6, 6.07) is 0. The Morgan fingerprint density at radius 3 is 1.16 bits per heavy atom. The van der Waals surface area contributed by atoms with Crippen molar-refractivity contribution in [3.63, 3.8) is 0 Å². The first kappa shape index (κ1) is 45.0. The van der Waals surface area contributed by atoms with E-state index in [4.69, 9.17) is 14.2 Å². The molecule has 1 fully saturated rings. The minimum absolute atomic E-state index is 0.0518. The van der Waals surface area contributed by atoms with Gasteiger partial charge in [0.15, 0.2) is 6.29 Å². The predicted octanol–water partition coefficient (Wildman–Crippen LogP) is 12.7. The van der Waals surface area contributed by atoms with Crippen LogP contribution < -0.4 is 0 Å². The number of unbranched alkanes of at least 4 members (excludes halogenated alkanes) is 22. The molecule has 1 saturated heterocycles. The number of ether oxygens (including phenoxy) is 3. The van der Waals surface area contributed by atoms with Crippen LogP contribution in [0.2, 0.25) is 0 Å². The Bertz CT molecular complexity index is 468. The van der Waals surface area contributed by atoms with Crippen LogP contribution in [0.3, 0.4) is 0 Å². The van der Waals surface area contributed by atoms with E-state index in [9.17, 15) is 5.11 Å². The van der Waals surface area contributed by atoms with E-state index in [1.165, 1.54) is 148 Å². The van der Waals surface area contributed by atoms with Crippen molar-refractivity contribution in [2.24, 2.45) is 0 Å². The second-order valence-electron chi connectivity index (χ2n) is 12.6. The van der Waals surface area contributed by atoms with E-state index < -0.39 is 0 Å². The fourth-order valence-corrected chi connectivity index (χ4v) is 5.61. The second kappa shape index (κ2) is 39.9. The third-order valence-corrected chi connectivity index (χ3v) is 8.39. The van der Waals surface area contributed by atoms with Gasteiger partial charge in [-0.2, -0.15) is 0 Å². The van der Waals surface area contributed by atoms with E-state index in [1.54, 1.807) is 0 Å². The maximum atomic E-state index is 9.62. The molecule has 43 heavy (non-hydrogen) atoms. The van der Waals surface area contributed by atoms with Gasteiger partial charge in [-0.1, -0.05) is 189 Å². The molecule has 0 spiro atoms. The zero-order chi connectivity index (χ0) is 32.1. The zero-order valence-corrected chi connectivity index (χ0v) is 30.6. The van der Waals surface area contributed by atoms with Crippen molar-refractivity contribution in [1.82, 2.24) is 0 Å². The van der Waals surface area contributed by atoms with Crippen LogP contribution in [0.5, 0.6) is 0 Å². The Labute approximate surface area is 272 Å². The molecule has 0 bridgehead atoms. The fraction of sp³-hybridized carbons (Fsp3) is 1.00. The minimum atomic E-state index is -0.220. The van der Waals surface area contributed by atoms with E-state index in [0.717, 1.165) is 38.9 Å². The number of rotatable bonds is 29. The van der Waals surface area contributed by atoms with Crippen LogP contribution in [0.25, 0.3) is 0 Å². The van der Waals surface area contributed by atoms with Crippen LogP contribution in [-0.2, 0) is 14.2 Å². The molecule has 1 rings (SSSR count). The smallest absolute Gasteiger partial charge is 0.160 e. The highest BCUT2D eigenvalue weighted by Crippen LogP contribution is 2.24. The average Bonchev–Trinajstić information content (AvgIpc) is 3.04. The van der Waals surface area contributed by atoms with E-state index in [0.29, 0.717) is 0 Å². The summed E-state index contributed by atoms with van der Waals surface area (Å²) in [6.45, 7) is 14.6. The summed E-state index contributed by atoms with van der Waals surface area (Å²) in [7, 11) is 0. The fourth-order valence-electron chi connectivity index (χ4n) is 5.61. The van der Waals surface area contributed by atoms with E-state index in [-0.39, 0.29) is 25.1 Å². The Balaban J connectivity index is 0. The van der Waals surface area contributed by atoms with Gasteiger partial charge in [0.2, 0.25) is 0 Å². The van der Waals surface area contributed by atoms with Gasteiger partial charge in [0, 0.05) is 26.1 Å². The summed E-state index contributed by atoms with van der Waals surface area (Å²) >= 11 is 0. The maximum absolute atomic E-state index is 9.62. The number of aliphatic hydroxyl groups excluding tert-OH is 1. The van der Waals surface area contributed by atoms with Crippen molar-refractivity contribution in [2.45, 2.75) is 233 Å². The molecule has 4 heteroatoms. The van der Waals surface area contributed by atoms with Gasteiger partial charge < -0.3 is 19.3 Å². The van der Waals surface area contributed by atoms with Crippen molar-refractivity contribution in [3.05, 3.63) is 0 Å². The van der Waals surface area contributed by atoms with Crippen LogP contribution in [-0.4, -0.2) is 43.4 Å². The topological polar surface area (TPSA) is 47.9 Å². The Kier molecular flexibility index (Phi) is 41.7. The lowest BCUT2D eigenvalue weighted by atomic mass is 10.0. The predicted molar refractivity (Wildman–Crippen MR) is 190 cm³/mol. The summed E-state index contributed by atoms with van der Waals surface area (Å²) < 4.78 is 18.1. The van der Waals surface area contributed by atoms with Gasteiger partial charge in [-0.15, -0.1) is 0 Å². The van der Waals surface area contributed by atoms with Crippen LogP contribution in [0.4, 0.5) is 0 Å². The van der Waals surface area contributed by atoms with Crippen LogP contribution in [0.15, 0.2) is 0 Å².